The van der Waals surface area contributed by atoms with E-state index in [-0.39, 0.29) is 5.54 Å². The summed E-state index contributed by atoms with van der Waals surface area (Å²) in [6.07, 6.45) is 1.26. The highest BCUT2D eigenvalue weighted by molar-refractivity contribution is 14.1. The van der Waals surface area contributed by atoms with Gasteiger partial charge in [-0.3, -0.25) is 0 Å². The van der Waals surface area contributed by atoms with Crippen LogP contribution >= 0.6 is 22.6 Å². The lowest BCUT2D eigenvalue weighted by molar-refractivity contribution is 0.0477. The fourth-order valence-corrected chi connectivity index (χ4v) is 2.40. The Balaban J connectivity index is 1.94. The van der Waals surface area contributed by atoms with Crippen LogP contribution < -0.4 is 10.1 Å². The third-order valence-corrected chi connectivity index (χ3v) is 3.86. The standard InChI is InChI=1S/C16H19IN2O3/c1-15(2,3)22-14(20)19-16(6-7-16)10-21-13-5-4-12(17)8-11(13)9-18/h4-5,8H,6-7,10H2,1-3H3,(H,19,20). The topological polar surface area (TPSA) is 71.3 Å². The molecule has 0 aromatic heterocycles. The molecule has 1 amide bonds. The van der Waals surface area contributed by atoms with Gasteiger partial charge in [0, 0.05) is 3.57 Å². The fourth-order valence-electron chi connectivity index (χ4n) is 1.91. The zero-order chi connectivity index (χ0) is 16.4. The SMILES string of the molecule is CC(C)(C)OC(=O)NC1(COc2ccc(I)cc2C#N)CC1. The van der Waals surface area contributed by atoms with Crippen molar-refractivity contribution in [2.24, 2.45) is 0 Å². The van der Waals surface area contributed by atoms with E-state index in [2.05, 4.69) is 34.0 Å². The molecule has 118 valence electrons. The molecule has 0 bridgehead atoms. The van der Waals surface area contributed by atoms with Crippen LogP contribution in [-0.2, 0) is 4.74 Å². The van der Waals surface area contributed by atoms with Crippen molar-refractivity contribution in [1.29, 1.82) is 5.26 Å². The van der Waals surface area contributed by atoms with Crippen molar-refractivity contribution in [2.75, 3.05) is 6.61 Å². The maximum atomic E-state index is 11.9. The van der Waals surface area contributed by atoms with Crippen LogP contribution in [0.1, 0.15) is 39.2 Å². The second-order valence-corrected chi connectivity index (χ2v) is 7.69. The number of alkyl carbamates (subject to hydrolysis) is 1. The van der Waals surface area contributed by atoms with Crippen LogP contribution in [0.3, 0.4) is 0 Å². The first kappa shape index (κ1) is 16.9. The van der Waals surface area contributed by atoms with E-state index in [0.29, 0.717) is 17.9 Å². The zero-order valence-electron chi connectivity index (χ0n) is 12.9. The molecule has 0 saturated heterocycles. The van der Waals surface area contributed by atoms with Crippen molar-refractivity contribution in [3.8, 4) is 11.8 Å². The Labute approximate surface area is 144 Å². The van der Waals surface area contributed by atoms with Crippen molar-refractivity contribution in [3.63, 3.8) is 0 Å². The number of ether oxygens (including phenoxy) is 2. The highest BCUT2D eigenvalue weighted by Crippen LogP contribution is 2.36. The molecule has 5 nitrogen and oxygen atoms in total. The minimum absolute atomic E-state index is 0.335. The summed E-state index contributed by atoms with van der Waals surface area (Å²) >= 11 is 2.15. The van der Waals surface area contributed by atoms with E-state index >= 15 is 0 Å². The van der Waals surface area contributed by atoms with Gasteiger partial charge in [-0.05, 0) is 74.4 Å². The van der Waals surface area contributed by atoms with Gasteiger partial charge in [-0.25, -0.2) is 4.79 Å². The minimum Gasteiger partial charge on any atom is -0.490 e. The first-order chi connectivity index (χ1) is 10.2. The Morgan fingerprint density at radius 3 is 2.68 bits per heavy atom. The Kier molecular flexibility index (Phi) is 4.85. The van der Waals surface area contributed by atoms with Crippen molar-refractivity contribution < 1.29 is 14.3 Å². The number of rotatable bonds is 4. The normalized spacial score (nSPS) is 15.6. The van der Waals surface area contributed by atoms with E-state index in [1.54, 1.807) is 12.1 Å². The van der Waals surface area contributed by atoms with E-state index in [1.807, 2.05) is 26.8 Å². The summed E-state index contributed by atoms with van der Waals surface area (Å²) < 4.78 is 12.0. The summed E-state index contributed by atoms with van der Waals surface area (Å²) in [6, 6.07) is 7.57. The molecule has 0 heterocycles. The Morgan fingerprint density at radius 2 is 2.14 bits per heavy atom. The van der Waals surface area contributed by atoms with Crippen molar-refractivity contribution in [3.05, 3.63) is 27.3 Å². The van der Waals surface area contributed by atoms with E-state index in [1.165, 1.54) is 0 Å². The van der Waals surface area contributed by atoms with Crippen LogP contribution in [0.15, 0.2) is 18.2 Å². The van der Waals surface area contributed by atoms with Crippen LogP contribution in [0, 0.1) is 14.9 Å². The lowest BCUT2D eigenvalue weighted by atomic mass is 10.2. The number of carbonyl (C=O) groups is 1. The second kappa shape index (κ2) is 6.32. The average Bonchev–Trinajstić information content (AvgIpc) is 3.14. The van der Waals surface area contributed by atoms with Gasteiger partial charge in [0.15, 0.2) is 0 Å². The number of hydrogen-bond donors (Lipinski definition) is 1. The maximum Gasteiger partial charge on any atom is 0.408 e. The van der Waals surface area contributed by atoms with Gasteiger partial charge in [0.05, 0.1) is 11.1 Å². The molecule has 0 unspecified atom stereocenters. The molecule has 0 spiro atoms. The molecule has 1 aromatic rings. The Bertz CT molecular complexity index is 613. The molecule has 22 heavy (non-hydrogen) atoms. The molecule has 1 saturated carbocycles. The van der Waals surface area contributed by atoms with Crippen molar-refractivity contribution in [2.45, 2.75) is 44.8 Å². The van der Waals surface area contributed by atoms with Gasteiger partial charge in [-0.1, -0.05) is 0 Å². The van der Waals surface area contributed by atoms with Gasteiger partial charge in [-0.2, -0.15) is 5.26 Å². The molecule has 0 radical (unpaired) electrons. The summed E-state index contributed by atoms with van der Waals surface area (Å²) in [6.45, 7) is 5.82. The van der Waals surface area contributed by atoms with Crippen LogP contribution in [-0.4, -0.2) is 23.8 Å². The maximum absolute atomic E-state index is 11.9. The summed E-state index contributed by atoms with van der Waals surface area (Å²) in [5.74, 6) is 0.542. The monoisotopic (exact) mass is 414 g/mol. The molecule has 1 aliphatic rings. The van der Waals surface area contributed by atoms with Gasteiger partial charge in [0.25, 0.3) is 0 Å². The molecule has 2 rings (SSSR count). The average molecular weight is 414 g/mol. The van der Waals surface area contributed by atoms with Gasteiger partial charge in [0.1, 0.15) is 24.0 Å². The smallest absolute Gasteiger partial charge is 0.408 e. The summed E-state index contributed by atoms with van der Waals surface area (Å²) in [7, 11) is 0. The second-order valence-electron chi connectivity index (χ2n) is 6.45. The number of nitrogens with zero attached hydrogens (tertiary/aromatic N) is 1. The van der Waals surface area contributed by atoms with E-state index < -0.39 is 11.7 Å². The zero-order valence-corrected chi connectivity index (χ0v) is 15.1. The van der Waals surface area contributed by atoms with Crippen LogP contribution in [0.4, 0.5) is 4.79 Å². The highest BCUT2D eigenvalue weighted by Gasteiger charge is 2.46. The molecule has 1 aromatic carbocycles. The van der Waals surface area contributed by atoms with Gasteiger partial charge < -0.3 is 14.8 Å². The molecule has 0 aliphatic heterocycles. The highest BCUT2D eigenvalue weighted by atomic mass is 127. The predicted molar refractivity (Wildman–Crippen MR) is 90.7 cm³/mol. The van der Waals surface area contributed by atoms with Gasteiger partial charge in [0.2, 0.25) is 0 Å². The quantitative estimate of drug-likeness (QED) is 0.765. The first-order valence-electron chi connectivity index (χ1n) is 7.07. The largest absolute Gasteiger partial charge is 0.490 e. The third kappa shape index (κ3) is 4.77. The van der Waals surface area contributed by atoms with Crippen molar-refractivity contribution >= 4 is 28.7 Å². The number of nitrogens with one attached hydrogen (secondary N) is 1. The summed E-state index contributed by atoms with van der Waals surface area (Å²) in [5, 5.41) is 12.0. The Hall–Kier alpha value is -1.49. The number of amides is 1. The number of nitriles is 1. The van der Waals surface area contributed by atoms with Crippen LogP contribution in [0.2, 0.25) is 0 Å². The van der Waals surface area contributed by atoms with E-state index in [0.717, 1.165) is 16.4 Å². The number of benzene rings is 1. The van der Waals surface area contributed by atoms with Gasteiger partial charge >= 0.3 is 6.09 Å². The van der Waals surface area contributed by atoms with Crippen LogP contribution in [0.5, 0.6) is 5.75 Å². The van der Waals surface area contributed by atoms with E-state index in [4.69, 9.17) is 14.7 Å². The summed E-state index contributed by atoms with van der Waals surface area (Å²) in [4.78, 5) is 11.9. The third-order valence-electron chi connectivity index (χ3n) is 3.19. The van der Waals surface area contributed by atoms with E-state index in [9.17, 15) is 4.79 Å². The molecule has 1 aliphatic carbocycles. The lowest BCUT2D eigenvalue weighted by Crippen LogP contribution is -2.44. The first-order valence-corrected chi connectivity index (χ1v) is 8.15. The Morgan fingerprint density at radius 1 is 1.45 bits per heavy atom. The van der Waals surface area contributed by atoms with Gasteiger partial charge in [-0.15, -0.1) is 0 Å². The van der Waals surface area contributed by atoms with Crippen molar-refractivity contribution in [1.82, 2.24) is 5.32 Å². The summed E-state index contributed by atoms with van der Waals surface area (Å²) in [5.41, 5.74) is -0.400. The molecular formula is C16H19IN2O3. The predicted octanol–water partition coefficient (Wildman–Crippen LogP) is 3.60. The number of carbonyl (C=O) groups excluding carboxylic acids is 1. The number of hydrogen-bond acceptors (Lipinski definition) is 4. The molecule has 1 N–H and O–H groups in total. The fraction of sp³-hybridized carbons (Fsp3) is 0.500. The molecular weight excluding hydrogens is 395 g/mol. The minimum atomic E-state index is -0.523. The molecule has 6 heteroatoms. The molecule has 0 atom stereocenters. The molecule has 1 fully saturated rings. The van der Waals surface area contributed by atoms with Crippen LogP contribution in [0.25, 0.3) is 0 Å². The number of halogens is 1. The lowest BCUT2D eigenvalue weighted by Gasteiger charge is -2.23.